The Balaban J connectivity index is 3.17. The molecule has 0 unspecified atom stereocenters. The Kier molecular flexibility index (Phi) is 1.90. The normalized spacial score (nSPS) is 12.0. The van der Waals surface area contributed by atoms with Crippen LogP contribution in [0.1, 0.15) is 0 Å². The van der Waals surface area contributed by atoms with Crippen molar-refractivity contribution >= 4 is 16.2 Å². The molecule has 6 heavy (non-hydrogen) atoms. The number of rotatable bonds is 0. The Morgan fingerprint density at radius 3 is 1.50 bits per heavy atom. The van der Waals surface area contributed by atoms with Crippen molar-refractivity contribution in [3.8, 4) is 0 Å². The van der Waals surface area contributed by atoms with Crippen molar-refractivity contribution < 1.29 is 17.5 Å². The fraction of sp³-hybridized carbons (Fsp3) is 1.00. The molecular weight excluding hydrogens is 162 g/mol. The van der Waals surface area contributed by atoms with Gasteiger partial charge in [-0.3, -0.25) is 0 Å². The van der Waals surface area contributed by atoms with E-state index in [0.717, 1.165) is 0 Å². The van der Waals surface area contributed by atoms with Gasteiger partial charge in [-0.1, -0.05) is 0 Å². The van der Waals surface area contributed by atoms with Gasteiger partial charge in [-0.2, -0.15) is 0 Å². The molecule has 0 radical (unpaired) electrons. The van der Waals surface area contributed by atoms with Crippen molar-refractivity contribution in [1.82, 2.24) is 0 Å². The molecule has 0 aliphatic heterocycles. The van der Waals surface area contributed by atoms with Crippen LogP contribution in [-0.2, 0) is 0 Å². The van der Waals surface area contributed by atoms with Gasteiger partial charge in [0.1, 0.15) is 0 Å². The summed E-state index contributed by atoms with van der Waals surface area (Å²) in [6.45, 7) is 0. The van der Waals surface area contributed by atoms with E-state index in [1.807, 2.05) is 0 Å². The van der Waals surface area contributed by atoms with Crippen LogP contribution in [-0.4, -0.2) is 22.5 Å². The molecule has 38 valence electrons. The van der Waals surface area contributed by atoms with E-state index in [0.29, 0.717) is 0 Å². The number of nitrogens with two attached hydrogens (primary N) is 1. The molecule has 0 rings (SSSR count). The topological polar surface area (TPSA) is 16.6 Å². The van der Waals surface area contributed by atoms with Crippen LogP contribution >= 0.6 is 0 Å². The quantitative estimate of drug-likeness (QED) is 0.346. The first kappa shape index (κ1) is 6.27. The molecule has 2 N–H and O–H groups in total. The first-order valence-electron chi connectivity index (χ1n) is 1.11. The van der Waals surface area contributed by atoms with Crippen molar-refractivity contribution in [2.24, 2.45) is 0 Å². The predicted molar refractivity (Wildman–Crippen MR) is 15.1 cm³/mol. The fourth-order valence-electron chi connectivity index (χ4n) is 0. The number of halogens is 3. The van der Waals surface area contributed by atoms with Gasteiger partial charge >= 0.3 is 40.0 Å². The van der Waals surface area contributed by atoms with E-state index in [-0.39, 0.29) is 4.33 Å². The molecule has 1 nitrogen and oxygen atoms in total. The van der Waals surface area contributed by atoms with Crippen LogP contribution in [0.25, 0.3) is 0 Å². The predicted octanol–water partition coefficient (Wildman–Crippen LogP) is -1.11. The van der Waals surface area contributed by atoms with E-state index < -0.39 is 6.30 Å². The Bertz CT molecular complexity index is 40.5. The number of hydrogen-bond acceptors (Lipinski definition) is 0. The van der Waals surface area contributed by atoms with E-state index in [4.69, 9.17) is 0 Å². The van der Waals surface area contributed by atoms with Crippen LogP contribution in [0.15, 0.2) is 0 Å². The average Bonchev–Trinajstić information content (AvgIpc) is 1.35. The molecular formula is CH3F3NSe+. The molecule has 0 saturated heterocycles. The number of alkyl halides is 3. The van der Waals surface area contributed by atoms with Crippen LogP contribution in [0.5, 0.6) is 0 Å². The van der Waals surface area contributed by atoms with Crippen LogP contribution in [0.2, 0.25) is 0 Å². The minimum atomic E-state index is -4.11. The summed E-state index contributed by atoms with van der Waals surface area (Å²) in [7, 11) is 0. The second kappa shape index (κ2) is 1.82. The van der Waals surface area contributed by atoms with Crippen LogP contribution in [0.4, 0.5) is 13.2 Å². The molecule has 0 spiro atoms. The van der Waals surface area contributed by atoms with E-state index in [9.17, 15) is 13.2 Å². The number of quaternary nitrogens is 1. The maximum atomic E-state index is 10.7. The van der Waals surface area contributed by atoms with Gasteiger partial charge in [-0.15, -0.1) is 0 Å². The van der Waals surface area contributed by atoms with Gasteiger partial charge in [0.25, 0.3) is 0 Å². The zero-order valence-electron chi connectivity index (χ0n) is 2.66. The minimum absolute atomic E-state index is 0.125. The monoisotopic (exact) mass is 166 g/mol. The van der Waals surface area contributed by atoms with Crippen LogP contribution in [0, 0.1) is 0 Å². The summed E-state index contributed by atoms with van der Waals surface area (Å²) in [4.78, 5) is 0. The second-order valence-electron chi connectivity index (χ2n) is 0.671. The summed E-state index contributed by atoms with van der Waals surface area (Å²) >= 11 is 1.35. The van der Waals surface area contributed by atoms with E-state index >= 15 is 0 Å². The molecule has 0 amide bonds. The zero-order chi connectivity index (χ0) is 5.21. The van der Waals surface area contributed by atoms with Crippen molar-refractivity contribution in [2.75, 3.05) is 0 Å². The van der Waals surface area contributed by atoms with Gasteiger partial charge in [0.05, 0.1) is 0 Å². The molecule has 0 aromatic heterocycles. The summed E-state index contributed by atoms with van der Waals surface area (Å²) in [5.41, 5.74) is 0. The van der Waals surface area contributed by atoms with Crippen molar-refractivity contribution in [3.05, 3.63) is 0 Å². The molecule has 0 aliphatic carbocycles. The van der Waals surface area contributed by atoms with Gasteiger partial charge in [-0.05, 0) is 0 Å². The molecule has 5 heteroatoms. The van der Waals surface area contributed by atoms with Gasteiger partial charge in [0.15, 0.2) is 0 Å². The molecule has 0 fully saturated rings. The Hall–Kier alpha value is 0.269. The van der Waals surface area contributed by atoms with Crippen molar-refractivity contribution in [2.45, 2.75) is 6.30 Å². The average molecular weight is 165 g/mol. The summed E-state index contributed by atoms with van der Waals surface area (Å²) in [5, 5.41) is 0. The third kappa shape index (κ3) is 4.27. The first-order valence-corrected chi connectivity index (χ1v) is 2.20. The third-order valence-electron chi connectivity index (χ3n) is 0.146. The van der Waals surface area contributed by atoms with Crippen molar-refractivity contribution in [3.63, 3.8) is 0 Å². The van der Waals surface area contributed by atoms with Gasteiger partial charge in [0.2, 0.25) is 0 Å². The molecule has 0 atom stereocenters. The van der Waals surface area contributed by atoms with Crippen molar-refractivity contribution in [1.29, 1.82) is 0 Å². The first-order chi connectivity index (χ1) is 2.56. The van der Waals surface area contributed by atoms with Crippen LogP contribution in [0.3, 0.4) is 0 Å². The SMILES string of the molecule is FC(F)(F)[NH2+][SeH]. The molecule has 0 aliphatic rings. The molecule has 0 aromatic rings. The van der Waals surface area contributed by atoms with Crippen LogP contribution < -0.4 is 4.33 Å². The second-order valence-corrected chi connectivity index (χ2v) is 1.21. The summed E-state index contributed by atoms with van der Waals surface area (Å²) in [6.07, 6.45) is -4.11. The summed E-state index contributed by atoms with van der Waals surface area (Å²) in [6, 6.07) is 0. The van der Waals surface area contributed by atoms with E-state index in [1.165, 1.54) is 16.2 Å². The third-order valence-corrected chi connectivity index (χ3v) is 0.761. The van der Waals surface area contributed by atoms with Gasteiger partial charge in [0, 0.05) is 0 Å². The van der Waals surface area contributed by atoms with E-state index in [2.05, 4.69) is 0 Å². The maximum absolute atomic E-state index is 10.7. The van der Waals surface area contributed by atoms with Gasteiger partial charge < -0.3 is 0 Å². The molecule has 0 aromatic carbocycles. The molecule has 0 bridgehead atoms. The summed E-state index contributed by atoms with van der Waals surface area (Å²) < 4.78 is 32.3. The Morgan fingerprint density at radius 1 is 1.33 bits per heavy atom. The Labute approximate surface area is 40.9 Å². The fourth-order valence-corrected chi connectivity index (χ4v) is 0. The van der Waals surface area contributed by atoms with E-state index in [1.54, 1.807) is 0 Å². The Morgan fingerprint density at radius 2 is 1.50 bits per heavy atom. The molecule has 0 saturated carbocycles. The zero-order valence-corrected chi connectivity index (χ0v) is 4.54. The van der Waals surface area contributed by atoms with Gasteiger partial charge in [-0.25, -0.2) is 0 Å². The molecule has 0 heterocycles. The number of hydrogen-bond donors (Lipinski definition) is 1. The standard InChI is InChI=1S/CH2F3NSe/c2-1(3,4)5-6/h5-6H/p+1. The summed E-state index contributed by atoms with van der Waals surface area (Å²) in [5.74, 6) is 0.